The van der Waals surface area contributed by atoms with Crippen LogP contribution in [0.2, 0.25) is 0 Å². The normalized spacial score (nSPS) is 20.4. The average Bonchev–Trinajstić information content (AvgIpc) is 2.57. The van der Waals surface area contributed by atoms with Crippen molar-refractivity contribution in [3.05, 3.63) is 34.9 Å². The second kappa shape index (κ2) is 3.33. The van der Waals surface area contributed by atoms with Crippen LogP contribution < -0.4 is 10.6 Å². The Kier molecular flexibility index (Phi) is 2.15. The third-order valence-electron chi connectivity index (χ3n) is 2.71. The van der Waals surface area contributed by atoms with Crippen molar-refractivity contribution in [3.63, 3.8) is 0 Å². The SMILES string of the molecule is Cc1ccc([C@@H]2CNC(=O)N2)cc1C. The molecule has 0 saturated carbocycles. The molecule has 0 radical (unpaired) electrons. The van der Waals surface area contributed by atoms with E-state index < -0.39 is 0 Å². The van der Waals surface area contributed by atoms with E-state index in [1.54, 1.807) is 0 Å². The fourth-order valence-electron chi connectivity index (χ4n) is 1.64. The number of carbonyl (C=O) groups excluding carboxylic acids is 1. The Morgan fingerprint density at radius 2 is 2.07 bits per heavy atom. The lowest BCUT2D eigenvalue weighted by atomic mass is 10.0. The maximum absolute atomic E-state index is 11.0. The number of amides is 2. The van der Waals surface area contributed by atoms with Crippen LogP contribution >= 0.6 is 0 Å². The molecule has 0 bridgehead atoms. The Bertz CT molecular complexity index is 374. The Morgan fingerprint density at radius 1 is 1.29 bits per heavy atom. The van der Waals surface area contributed by atoms with Crippen molar-refractivity contribution in [1.82, 2.24) is 10.6 Å². The first-order chi connectivity index (χ1) is 6.66. The van der Waals surface area contributed by atoms with Crippen molar-refractivity contribution in [1.29, 1.82) is 0 Å². The zero-order chi connectivity index (χ0) is 10.1. The molecule has 2 rings (SSSR count). The van der Waals surface area contributed by atoms with Gasteiger partial charge in [0.25, 0.3) is 0 Å². The van der Waals surface area contributed by atoms with Gasteiger partial charge in [0, 0.05) is 6.54 Å². The van der Waals surface area contributed by atoms with Crippen LogP contribution in [0.5, 0.6) is 0 Å². The van der Waals surface area contributed by atoms with E-state index >= 15 is 0 Å². The molecule has 2 amide bonds. The summed E-state index contributed by atoms with van der Waals surface area (Å²) in [4.78, 5) is 11.0. The molecule has 1 atom stereocenters. The average molecular weight is 190 g/mol. The Balaban J connectivity index is 2.24. The predicted molar refractivity (Wildman–Crippen MR) is 55.2 cm³/mol. The number of nitrogens with one attached hydrogen (secondary N) is 2. The standard InChI is InChI=1S/C11H14N2O/c1-7-3-4-9(5-8(7)2)10-6-12-11(14)13-10/h3-5,10H,6H2,1-2H3,(H2,12,13,14)/t10-/m0/s1. The van der Waals surface area contributed by atoms with Gasteiger partial charge >= 0.3 is 6.03 Å². The van der Waals surface area contributed by atoms with Gasteiger partial charge in [0.15, 0.2) is 0 Å². The van der Waals surface area contributed by atoms with Crippen LogP contribution in [0.15, 0.2) is 18.2 Å². The molecule has 14 heavy (non-hydrogen) atoms. The molecule has 1 aliphatic heterocycles. The van der Waals surface area contributed by atoms with Crippen LogP contribution in [0.1, 0.15) is 22.7 Å². The van der Waals surface area contributed by atoms with E-state index in [0.717, 1.165) is 0 Å². The molecule has 1 fully saturated rings. The van der Waals surface area contributed by atoms with Gasteiger partial charge in [-0.3, -0.25) is 0 Å². The second-order valence-electron chi connectivity index (χ2n) is 3.75. The van der Waals surface area contributed by atoms with Crippen molar-refractivity contribution >= 4 is 6.03 Å². The van der Waals surface area contributed by atoms with Crippen LogP contribution in [0.4, 0.5) is 4.79 Å². The summed E-state index contributed by atoms with van der Waals surface area (Å²) in [6.07, 6.45) is 0. The molecule has 1 aromatic carbocycles. The molecule has 3 heteroatoms. The number of hydrogen-bond donors (Lipinski definition) is 2. The van der Waals surface area contributed by atoms with Crippen LogP contribution in [-0.4, -0.2) is 12.6 Å². The minimum atomic E-state index is -0.0757. The van der Waals surface area contributed by atoms with Crippen LogP contribution in [0, 0.1) is 13.8 Å². The summed E-state index contributed by atoms with van der Waals surface area (Å²) in [6, 6.07) is 6.35. The molecule has 0 aromatic heterocycles. The molecular weight excluding hydrogens is 176 g/mol. The lowest BCUT2D eigenvalue weighted by Crippen LogP contribution is -2.21. The van der Waals surface area contributed by atoms with Crippen molar-refractivity contribution < 1.29 is 4.79 Å². The minimum absolute atomic E-state index is 0.0757. The number of carbonyl (C=O) groups is 1. The van der Waals surface area contributed by atoms with E-state index in [1.807, 2.05) is 0 Å². The molecule has 0 unspecified atom stereocenters. The van der Waals surface area contributed by atoms with Gasteiger partial charge in [-0.1, -0.05) is 18.2 Å². The molecular formula is C11H14N2O. The monoisotopic (exact) mass is 190 g/mol. The molecule has 3 nitrogen and oxygen atoms in total. The first-order valence-electron chi connectivity index (χ1n) is 4.78. The number of rotatable bonds is 1. The summed E-state index contributed by atoms with van der Waals surface area (Å²) in [5, 5.41) is 5.62. The lowest BCUT2D eigenvalue weighted by Gasteiger charge is -2.10. The van der Waals surface area contributed by atoms with E-state index in [-0.39, 0.29) is 12.1 Å². The summed E-state index contributed by atoms with van der Waals surface area (Å²) in [5.41, 5.74) is 3.72. The van der Waals surface area contributed by atoms with Crippen molar-refractivity contribution in [2.75, 3.05) is 6.54 Å². The van der Waals surface area contributed by atoms with Crippen molar-refractivity contribution in [2.45, 2.75) is 19.9 Å². The topological polar surface area (TPSA) is 41.1 Å². The third kappa shape index (κ3) is 1.58. The molecule has 1 aliphatic rings. The molecule has 1 aromatic rings. The molecule has 1 heterocycles. The van der Waals surface area contributed by atoms with E-state index in [0.29, 0.717) is 6.54 Å². The first-order valence-corrected chi connectivity index (χ1v) is 4.78. The van der Waals surface area contributed by atoms with Crippen LogP contribution in [0.3, 0.4) is 0 Å². The zero-order valence-corrected chi connectivity index (χ0v) is 8.42. The summed E-state index contributed by atoms with van der Waals surface area (Å²) in [5.74, 6) is 0. The zero-order valence-electron chi connectivity index (χ0n) is 8.42. The van der Waals surface area contributed by atoms with E-state index in [1.165, 1.54) is 16.7 Å². The van der Waals surface area contributed by atoms with Gasteiger partial charge in [-0.2, -0.15) is 0 Å². The van der Waals surface area contributed by atoms with Gasteiger partial charge in [0.1, 0.15) is 0 Å². The smallest absolute Gasteiger partial charge is 0.315 e. The van der Waals surface area contributed by atoms with Gasteiger partial charge in [-0.15, -0.1) is 0 Å². The number of benzene rings is 1. The molecule has 74 valence electrons. The molecule has 0 spiro atoms. The van der Waals surface area contributed by atoms with Crippen molar-refractivity contribution in [2.24, 2.45) is 0 Å². The summed E-state index contributed by atoms with van der Waals surface area (Å²) < 4.78 is 0. The number of urea groups is 1. The summed E-state index contributed by atoms with van der Waals surface area (Å²) in [7, 11) is 0. The Labute approximate surface area is 83.5 Å². The highest BCUT2D eigenvalue weighted by molar-refractivity contribution is 5.76. The van der Waals surface area contributed by atoms with Gasteiger partial charge in [0.2, 0.25) is 0 Å². The van der Waals surface area contributed by atoms with E-state index in [2.05, 4.69) is 42.7 Å². The van der Waals surface area contributed by atoms with Crippen LogP contribution in [0.25, 0.3) is 0 Å². The van der Waals surface area contributed by atoms with Crippen molar-refractivity contribution in [3.8, 4) is 0 Å². The second-order valence-corrected chi connectivity index (χ2v) is 3.75. The largest absolute Gasteiger partial charge is 0.336 e. The summed E-state index contributed by atoms with van der Waals surface area (Å²) >= 11 is 0. The molecule has 0 aliphatic carbocycles. The summed E-state index contributed by atoms with van der Waals surface area (Å²) in [6.45, 7) is 4.86. The maximum Gasteiger partial charge on any atom is 0.315 e. The van der Waals surface area contributed by atoms with E-state index in [4.69, 9.17) is 0 Å². The van der Waals surface area contributed by atoms with Gasteiger partial charge < -0.3 is 10.6 Å². The van der Waals surface area contributed by atoms with Crippen LogP contribution in [-0.2, 0) is 0 Å². The highest BCUT2D eigenvalue weighted by atomic mass is 16.2. The van der Waals surface area contributed by atoms with Gasteiger partial charge in [0.05, 0.1) is 6.04 Å². The Hall–Kier alpha value is -1.51. The maximum atomic E-state index is 11.0. The fraction of sp³-hybridized carbons (Fsp3) is 0.364. The molecule has 1 saturated heterocycles. The number of hydrogen-bond acceptors (Lipinski definition) is 1. The van der Waals surface area contributed by atoms with E-state index in [9.17, 15) is 4.79 Å². The minimum Gasteiger partial charge on any atom is -0.336 e. The van der Waals surface area contributed by atoms with Gasteiger partial charge in [-0.05, 0) is 30.5 Å². The highest BCUT2D eigenvalue weighted by Crippen LogP contribution is 2.18. The first kappa shape index (κ1) is 9.06. The fourth-order valence-corrected chi connectivity index (χ4v) is 1.64. The molecule has 2 N–H and O–H groups in total. The lowest BCUT2D eigenvalue weighted by molar-refractivity contribution is 0.247. The number of aryl methyl sites for hydroxylation is 2. The highest BCUT2D eigenvalue weighted by Gasteiger charge is 2.21. The predicted octanol–water partition coefficient (Wildman–Crippen LogP) is 1.66. The van der Waals surface area contributed by atoms with Gasteiger partial charge in [-0.25, -0.2) is 4.79 Å². The quantitative estimate of drug-likeness (QED) is 0.694. The third-order valence-corrected chi connectivity index (χ3v) is 2.71. The Morgan fingerprint density at radius 3 is 2.64 bits per heavy atom.